The van der Waals surface area contributed by atoms with Crippen LogP contribution in [0.1, 0.15) is 18.7 Å². The number of benzene rings is 1. The van der Waals surface area contributed by atoms with Gasteiger partial charge < -0.3 is 5.11 Å². The van der Waals surface area contributed by atoms with Crippen molar-refractivity contribution >= 4 is 5.97 Å². The van der Waals surface area contributed by atoms with Crippen LogP contribution in [0.5, 0.6) is 0 Å². The molecule has 0 aliphatic carbocycles. The first-order valence-corrected chi connectivity index (χ1v) is 4.88. The Labute approximate surface area is 92.4 Å². The third-order valence-corrected chi connectivity index (χ3v) is 2.33. The van der Waals surface area contributed by atoms with Crippen LogP contribution >= 0.6 is 0 Å². The summed E-state index contributed by atoms with van der Waals surface area (Å²) in [5.41, 5.74) is 0.808. The van der Waals surface area contributed by atoms with Crippen molar-refractivity contribution in [2.75, 3.05) is 0 Å². The predicted octanol–water partition coefficient (Wildman–Crippen LogP) is 1.46. The third kappa shape index (κ3) is 1.79. The van der Waals surface area contributed by atoms with E-state index < -0.39 is 11.9 Å². The number of carboxylic acid groups (broad SMARTS) is 1. The lowest BCUT2D eigenvalue weighted by Gasteiger charge is -2.08. The van der Waals surface area contributed by atoms with Gasteiger partial charge in [-0.05, 0) is 19.1 Å². The van der Waals surface area contributed by atoms with Gasteiger partial charge in [0.1, 0.15) is 18.1 Å². The lowest BCUT2D eigenvalue weighted by Crippen LogP contribution is -2.14. The lowest BCUT2D eigenvalue weighted by atomic mass is 10.1. The van der Waals surface area contributed by atoms with Gasteiger partial charge in [-0.25, -0.2) is 9.67 Å². The summed E-state index contributed by atoms with van der Waals surface area (Å²) in [4.78, 5) is 14.9. The van der Waals surface area contributed by atoms with E-state index in [0.29, 0.717) is 5.82 Å². The smallest absolute Gasteiger partial charge is 0.313 e. The molecule has 0 fully saturated rings. The second kappa shape index (κ2) is 4.14. The molecular weight excluding hydrogens is 206 g/mol. The van der Waals surface area contributed by atoms with Crippen LogP contribution in [0.25, 0.3) is 5.69 Å². The molecule has 0 aliphatic heterocycles. The fourth-order valence-electron chi connectivity index (χ4n) is 1.42. The zero-order valence-electron chi connectivity index (χ0n) is 8.74. The zero-order valence-corrected chi connectivity index (χ0v) is 8.74. The highest BCUT2D eigenvalue weighted by atomic mass is 16.4. The molecule has 0 saturated carbocycles. The van der Waals surface area contributed by atoms with Gasteiger partial charge in [0.2, 0.25) is 0 Å². The molecule has 5 heteroatoms. The summed E-state index contributed by atoms with van der Waals surface area (Å²) in [5.74, 6) is -1.16. The average Bonchev–Trinajstić information content (AvgIpc) is 2.77. The van der Waals surface area contributed by atoms with Gasteiger partial charge in [-0.15, -0.1) is 0 Å². The fourth-order valence-corrected chi connectivity index (χ4v) is 1.42. The number of rotatable bonds is 3. The quantitative estimate of drug-likeness (QED) is 0.845. The van der Waals surface area contributed by atoms with Gasteiger partial charge in [0, 0.05) is 0 Å². The molecule has 0 aliphatic rings. The number of carboxylic acids is 1. The van der Waals surface area contributed by atoms with Crippen molar-refractivity contribution < 1.29 is 9.90 Å². The molecule has 1 aromatic heterocycles. The molecule has 0 saturated heterocycles. The Kier molecular flexibility index (Phi) is 2.68. The highest BCUT2D eigenvalue weighted by Crippen LogP contribution is 2.16. The topological polar surface area (TPSA) is 68.0 Å². The average molecular weight is 217 g/mol. The monoisotopic (exact) mass is 217 g/mol. The van der Waals surface area contributed by atoms with Gasteiger partial charge in [0.05, 0.1) is 5.69 Å². The summed E-state index contributed by atoms with van der Waals surface area (Å²) in [6.45, 7) is 1.59. The molecule has 0 spiro atoms. The van der Waals surface area contributed by atoms with Crippen molar-refractivity contribution in [2.45, 2.75) is 12.8 Å². The second-order valence-electron chi connectivity index (χ2n) is 3.43. The van der Waals surface area contributed by atoms with Gasteiger partial charge in [-0.1, -0.05) is 18.2 Å². The SMILES string of the molecule is C[C@@H](C(=O)O)c1ncnn1-c1ccccc1. The Balaban J connectivity index is 2.44. The van der Waals surface area contributed by atoms with Gasteiger partial charge in [-0.3, -0.25) is 4.79 Å². The number of carbonyl (C=O) groups is 1. The van der Waals surface area contributed by atoms with E-state index in [2.05, 4.69) is 10.1 Å². The molecule has 0 amide bonds. The molecule has 16 heavy (non-hydrogen) atoms. The van der Waals surface area contributed by atoms with Crippen molar-refractivity contribution in [3.8, 4) is 5.69 Å². The minimum absolute atomic E-state index is 0.429. The molecule has 2 rings (SSSR count). The maximum Gasteiger partial charge on any atom is 0.313 e. The molecule has 82 valence electrons. The first-order chi connectivity index (χ1) is 7.70. The van der Waals surface area contributed by atoms with E-state index in [0.717, 1.165) is 5.69 Å². The van der Waals surface area contributed by atoms with Crippen molar-refractivity contribution in [3.63, 3.8) is 0 Å². The Morgan fingerprint density at radius 1 is 1.38 bits per heavy atom. The lowest BCUT2D eigenvalue weighted by molar-refractivity contribution is -0.138. The Morgan fingerprint density at radius 2 is 2.06 bits per heavy atom. The predicted molar refractivity (Wildman–Crippen MR) is 57.4 cm³/mol. The van der Waals surface area contributed by atoms with E-state index in [-0.39, 0.29) is 0 Å². The maximum absolute atomic E-state index is 10.9. The molecule has 1 N–H and O–H groups in total. The fraction of sp³-hybridized carbons (Fsp3) is 0.182. The van der Waals surface area contributed by atoms with E-state index >= 15 is 0 Å². The number of para-hydroxylation sites is 1. The minimum atomic E-state index is -0.912. The molecule has 1 aromatic carbocycles. The third-order valence-electron chi connectivity index (χ3n) is 2.33. The van der Waals surface area contributed by atoms with Gasteiger partial charge in [0.15, 0.2) is 0 Å². The number of aromatic nitrogens is 3. The second-order valence-corrected chi connectivity index (χ2v) is 3.43. The van der Waals surface area contributed by atoms with Crippen LogP contribution in [0, 0.1) is 0 Å². The summed E-state index contributed by atoms with van der Waals surface area (Å²) >= 11 is 0. The minimum Gasteiger partial charge on any atom is -0.481 e. The van der Waals surface area contributed by atoms with Crippen LogP contribution in [0.2, 0.25) is 0 Å². The van der Waals surface area contributed by atoms with E-state index in [1.54, 1.807) is 11.6 Å². The Hall–Kier alpha value is -2.17. The molecular formula is C11H11N3O2. The van der Waals surface area contributed by atoms with Crippen LogP contribution in [-0.4, -0.2) is 25.8 Å². The Bertz CT molecular complexity index is 493. The van der Waals surface area contributed by atoms with Gasteiger partial charge >= 0.3 is 5.97 Å². The van der Waals surface area contributed by atoms with Crippen molar-refractivity contribution in [2.24, 2.45) is 0 Å². The number of aliphatic carboxylic acids is 1. The summed E-state index contributed by atoms with van der Waals surface area (Å²) < 4.78 is 1.54. The number of nitrogens with zero attached hydrogens (tertiary/aromatic N) is 3. The van der Waals surface area contributed by atoms with Crippen molar-refractivity contribution in [1.82, 2.24) is 14.8 Å². The first kappa shape index (κ1) is 10.4. The molecule has 2 aromatic rings. The molecule has 0 unspecified atom stereocenters. The summed E-state index contributed by atoms with van der Waals surface area (Å²) in [6.07, 6.45) is 1.36. The highest BCUT2D eigenvalue weighted by Gasteiger charge is 2.20. The Morgan fingerprint density at radius 3 is 2.69 bits per heavy atom. The van der Waals surface area contributed by atoms with E-state index in [1.165, 1.54) is 6.33 Å². The van der Waals surface area contributed by atoms with Crippen LogP contribution < -0.4 is 0 Å². The molecule has 0 radical (unpaired) electrons. The standard InChI is InChI=1S/C11H11N3O2/c1-8(11(15)16)10-12-7-13-14(10)9-5-3-2-4-6-9/h2-8H,1H3,(H,15,16)/t8-/m1/s1. The summed E-state index contributed by atoms with van der Waals surface area (Å²) in [7, 11) is 0. The molecule has 1 heterocycles. The first-order valence-electron chi connectivity index (χ1n) is 4.88. The van der Waals surface area contributed by atoms with Crippen molar-refractivity contribution in [3.05, 3.63) is 42.5 Å². The van der Waals surface area contributed by atoms with Crippen LogP contribution in [0.3, 0.4) is 0 Å². The van der Waals surface area contributed by atoms with Crippen LogP contribution in [0.4, 0.5) is 0 Å². The molecule has 0 bridgehead atoms. The van der Waals surface area contributed by atoms with Crippen molar-refractivity contribution in [1.29, 1.82) is 0 Å². The van der Waals surface area contributed by atoms with Crippen LogP contribution in [0.15, 0.2) is 36.7 Å². The van der Waals surface area contributed by atoms with Crippen LogP contribution in [-0.2, 0) is 4.79 Å². The number of hydrogen-bond acceptors (Lipinski definition) is 3. The molecule has 1 atom stereocenters. The number of hydrogen-bond donors (Lipinski definition) is 1. The van der Waals surface area contributed by atoms with E-state index in [4.69, 9.17) is 5.11 Å². The highest BCUT2D eigenvalue weighted by molar-refractivity contribution is 5.74. The zero-order chi connectivity index (χ0) is 11.5. The van der Waals surface area contributed by atoms with E-state index in [9.17, 15) is 4.79 Å². The van der Waals surface area contributed by atoms with E-state index in [1.807, 2.05) is 30.3 Å². The summed E-state index contributed by atoms with van der Waals surface area (Å²) in [6, 6.07) is 9.33. The summed E-state index contributed by atoms with van der Waals surface area (Å²) in [5, 5.41) is 13.0. The van der Waals surface area contributed by atoms with Gasteiger partial charge in [0.25, 0.3) is 0 Å². The molecule has 5 nitrogen and oxygen atoms in total. The maximum atomic E-state index is 10.9. The normalized spacial score (nSPS) is 12.3. The largest absolute Gasteiger partial charge is 0.481 e. The van der Waals surface area contributed by atoms with Gasteiger partial charge in [-0.2, -0.15) is 5.10 Å².